The van der Waals surface area contributed by atoms with Crippen molar-refractivity contribution in [3.63, 3.8) is 0 Å². The Hall–Kier alpha value is -3.07. The number of carbonyl (C=O) groups is 2. The second-order valence-corrected chi connectivity index (χ2v) is 6.69. The number of imide groups is 1. The fourth-order valence-electron chi connectivity index (χ4n) is 3.04. The molecule has 8 nitrogen and oxygen atoms in total. The van der Waals surface area contributed by atoms with E-state index in [0.29, 0.717) is 11.3 Å². The van der Waals surface area contributed by atoms with Gasteiger partial charge in [0, 0.05) is 22.2 Å². The van der Waals surface area contributed by atoms with Gasteiger partial charge in [-0.2, -0.15) is 0 Å². The van der Waals surface area contributed by atoms with E-state index in [0.717, 1.165) is 9.37 Å². The molecule has 0 aromatic heterocycles. The van der Waals surface area contributed by atoms with Gasteiger partial charge in [0.2, 0.25) is 12.0 Å². The van der Waals surface area contributed by atoms with Gasteiger partial charge >= 0.3 is 0 Å². The van der Waals surface area contributed by atoms with Gasteiger partial charge in [0.1, 0.15) is 11.6 Å². The quantitative estimate of drug-likeness (QED) is 0.435. The average Bonchev–Trinajstić information content (AvgIpc) is 3.17. The number of hydrogen-bond donors (Lipinski definition) is 0. The normalized spacial score (nSPS) is 21.4. The zero-order valence-corrected chi connectivity index (χ0v) is 14.6. The Morgan fingerprint density at radius 2 is 1.85 bits per heavy atom. The number of carbonyl (C=O) groups excluding carboxylic acids is 2. The highest BCUT2D eigenvalue weighted by atomic mass is 79.9. The smallest absolute Gasteiger partial charge is 0.278 e. The first-order valence-electron chi connectivity index (χ1n) is 7.59. The van der Waals surface area contributed by atoms with Crippen LogP contribution in [0.15, 0.2) is 58.2 Å². The number of hydrogen-bond acceptors (Lipinski definition) is 6. The minimum Gasteiger partial charge on any atom is -0.381 e. The lowest BCUT2D eigenvalue weighted by molar-refractivity contribution is -0.384. The Morgan fingerprint density at radius 3 is 2.54 bits per heavy atom. The molecular weight excluding hydrogens is 406 g/mol. The van der Waals surface area contributed by atoms with Crippen molar-refractivity contribution in [2.24, 2.45) is 11.1 Å². The van der Waals surface area contributed by atoms with Crippen molar-refractivity contribution in [3.05, 3.63) is 68.7 Å². The number of non-ortho nitro benzene ring substituents is 1. The molecule has 2 aromatic carbocycles. The molecule has 0 bridgehead atoms. The van der Waals surface area contributed by atoms with Crippen LogP contribution in [-0.4, -0.2) is 28.6 Å². The molecule has 0 aliphatic carbocycles. The number of amides is 2. The minimum absolute atomic E-state index is 0.129. The summed E-state index contributed by atoms with van der Waals surface area (Å²) in [5, 5.41) is 14.8. The molecule has 2 unspecified atom stereocenters. The molecular formula is C17H10BrN3O5. The summed E-state index contributed by atoms with van der Waals surface area (Å²) in [4.78, 5) is 42.2. The van der Waals surface area contributed by atoms with Crippen LogP contribution in [0, 0.1) is 16.0 Å². The number of benzene rings is 2. The third kappa shape index (κ3) is 2.48. The third-order valence-electron chi connectivity index (χ3n) is 4.25. The van der Waals surface area contributed by atoms with E-state index >= 15 is 0 Å². The van der Waals surface area contributed by atoms with Crippen LogP contribution in [0.1, 0.15) is 5.56 Å². The molecule has 130 valence electrons. The minimum atomic E-state index is -1.06. The summed E-state index contributed by atoms with van der Waals surface area (Å²) in [6.07, 6.45) is -1.06. The Bertz CT molecular complexity index is 973. The predicted molar refractivity (Wildman–Crippen MR) is 94.6 cm³/mol. The van der Waals surface area contributed by atoms with E-state index in [-0.39, 0.29) is 11.4 Å². The van der Waals surface area contributed by atoms with Gasteiger partial charge in [-0.05, 0) is 24.3 Å². The van der Waals surface area contributed by atoms with E-state index < -0.39 is 28.8 Å². The monoisotopic (exact) mass is 415 g/mol. The summed E-state index contributed by atoms with van der Waals surface area (Å²) in [5.74, 6) is -1.90. The lowest BCUT2D eigenvalue weighted by atomic mass is 9.94. The highest BCUT2D eigenvalue weighted by Gasteiger charge is 2.56. The highest BCUT2D eigenvalue weighted by Crippen LogP contribution is 2.35. The highest BCUT2D eigenvalue weighted by molar-refractivity contribution is 9.10. The van der Waals surface area contributed by atoms with Gasteiger partial charge < -0.3 is 4.84 Å². The Balaban J connectivity index is 1.70. The second kappa shape index (κ2) is 6.03. The summed E-state index contributed by atoms with van der Waals surface area (Å²) in [7, 11) is 0. The van der Waals surface area contributed by atoms with Gasteiger partial charge in [-0.1, -0.05) is 33.2 Å². The van der Waals surface area contributed by atoms with Crippen LogP contribution in [-0.2, 0) is 14.4 Å². The predicted octanol–water partition coefficient (Wildman–Crippen LogP) is 2.65. The summed E-state index contributed by atoms with van der Waals surface area (Å²) in [6.45, 7) is 0. The van der Waals surface area contributed by atoms with Crippen molar-refractivity contribution in [1.29, 1.82) is 0 Å². The Kier molecular flexibility index (Phi) is 3.80. The van der Waals surface area contributed by atoms with E-state index in [1.165, 1.54) is 18.2 Å². The van der Waals surface area contributed by atoms with Crippen LogP contribution in [0.2, 0.25) is 0 Å². The zero-order chi connectivity index (χ0) is 18.4. The molecule has 2 amide bonds. The number of nitrogens with zero attached hydrogens (tertiary/aromatic N) is 3. The van der Waals surface area contributed by atoms with E-state index in [2.05, 4.69) is 21.1 Å². The molecule has 2 aromatic rings. The van der Waals surface area contributed by atoms with Crippen molar-refractivity contribution < 1.29 is 19.3 Å². The van der Waals surface area contributed by atoms with Gasteiger partial charge in [-0.3, -0.25) is 19.7 Å². The van der Waals surface area contributed by atoms with Crippen LogP contribution in [0.5, 0.6) is 0 Å². The van der Waals surface area contributed by atoms with Gasteiger partial charge in [-0.25, -0.2) is 4.90 Å². The Morgan fingerprint density at radius 1 is 1.12 bits per heavy atom. The fraction of sp³-hybridized carbons (Fsp3) is 0.118. The molecule has 9 heteroatoms. The standard InChI is InChI=1S/C17H10BrN3O5/c18-10-4-6-11(7-5-10)20-16(22)13-14(19-26-15(13)17(20)23)9-2-1-3-12(8-9)21(24)25/h1-8,13,15H. The van der Waals surface area contributed by atoms with Crippen LogP contribution in [0.4, 0.5) is 11.4 Å². The topological polar surface area (TPSA) is 102 Å². The average molecular weight is 416 g/mol. The van der Waals surface area contributed by atoms with Crippen LogP contribution < -0.4 is 4.90 Å². The van der Waals surface area contributed by atoms with E-state index in [9.17, 15) is 19.7 Å². The zero-order valence-electron chi connectivity index (χ0n) is 13.0. The molecule has 0 radical (unpaired) electrons. The van der Waals surface area contributed by atoms with Crippen LogP contribution in [0.25, 0.3) is 0 Å². The van der Waals surface area contributed by atoms with Crippen molar-refractivity contribution in [2.75, 3.05) is 4.90 Å². The molecule has 26 heavy (non-hydrogen) atoms. The maximum absolute atomic E-state index is 12.9. The lowest BCUT2D eigenvalue weighted by Gasteiger charge is -2.15. The first-order chi connectivity index (χ1) is 12.5. The van der Waals surface area contributed by atoms with Crippen LogP contribution in [0.3, 0.4) is 0 Å². The number of halogens is 1. The SMILES string of the molecule is O=C1C2ON=C(c3cccc([N+](=O)[O-])c3)C2C(=O)N1c1ccc(Br)cc1. The van der Waals surface area contributed by atoms with E-state index in [1.54, 1.807) is 30.3 Å². The van der Waals surface area contributed by atoms with Gasteiger partial charge in [0.25, 0.3) is 11.6 Å². The lowest BCUT2D eigenvalue weighted by Crippen LogP contribution is -2.33. The molecule has 1 fully saturated rings. The number of anilines is 1. The van der Waals surface area contributed by atoms with Crippen molar-refractivity contribution in [2.45, 2.75) is 6.10 Å². The number of nitro benzene ring substituents is 1. The molecule has 1 saturated heterocycles. The third-order valence-corrected chi connectivity index (χ3v) is 4.78. The van der Waals surface area contributed by atoms with Gasteiger partial charge in [0.15, 0.2) is 0 Å². The maximum atomic E-state index is 12.9. The van der Waals surface area contributed by atoms with E-state index in [4.69, 9.17) is 4.84 Å². The molecule has 4 rings (SSSR count). The van der Waals surface area contributed by atoms with Gasteiger partial charge in [0.05, 0.1) is 10.6 Å². The first kappa shape index (κ1) is 16.4. The van der Waals surface area contributed by atoms with Crippen LogP contribution >= 0.6 is 15.9 Å². The van der Waals surface area contributed by atoms with Crippen molar-refractivity contribution in [1.82, 2.24) is 0 Å². The summed E-state index contributed by atoms with van der Waals surface area (Å²) in [6, 6.07) is 12.5. The Labute approximate surface area is 155 Å². The van der Waals surface area contributed by atoms with Gasteiger partial charge in [-0.15, -0.1) is 0 Å². The fourth-order valence-corrected chi connectivity index (χ4v) is 3.30. The van der Waals surface area contributed by atoms with E-state index in [1.807, 2.05) is 0 Å². The largest absolute Gasteiger partial charge is 0.381 e. The number of fused-ring (bicyclic) bond motifs is 1. The summed E-state index contributed by atoms with van der Waals surface area (Å²) < 4.78 is 0.815. The van der Waals surface area contributed by atoms with Crippen molar-refractivity contribution >= 4 is 44.8 Å². The van der Waals surface area contributed by atoms with Crippen molar-refractivity contribution in [3.8, 4) is 0 Å². The molecule has 2 heterocycles. The molecule has 2 aliphatic rings. The molecule has 2 aliphatic heterocycles. The first-order valence-corrected chi connectivity index (χ1v) is 8.38. The molecule has 2 atom stereocenters. The summed E-state index contributed by atoms with van der Waals surface area (Å²) in [5.41, 5.74) is 0.900. The molecule has 0 N–H and O–H groups in total. The number of oxime groups is 1. The second-order valence-electron chi connectivity index (χ2n) is 5.78. The summed E-state index contributed by atoms with van der Waals surface area (Å²) >= 11 is 3.30. The number of nitro groups is 1. The number of rotatable bonds is 3. The maximum Gasteiger partial charge on any atom is 0.278 e. The molecule has 0 spiro atoms. The molecule has 0 saturated carbocycles.